The molecule has 0 aromatic heterocycles. The van der Waals surface area contributed by atoms with Crippen LogP contribution in [0.1, 0.15) is 35.7 Å². The van der Waals surface area contributed by atoms with Gasteiger partial charge in [0, 0.05) is 5.39 Å². The Hall–Kier alpha value is -2.07. The maximum atomic E-state index is 11.9. The Labute approximate surface area is 117 Å². The first-order valence-corrected chi connectivity index (χ1v) is 6.47. The van der Waals surface area contributed by atoms with Crippen molar-refractivity contribution in [3.8, 4) is 5.75 Å². The van der Waals surface area contributed by atoms with Gasteiger partial charge in [-0.1, -0.05) is 26.0 Å². The number of ether oxygens (including phenoxy) is 2. The maximum Gasteiger partial charge on any atom is 0.340 e. The fourth-order valence-corrected chi connectivity index (χ4v) is 2.30. The molecule has 0 aliphatic carbocycles. The smallest absolute Gasteiger partial charge is 0.340 e. The van der Waals surface area contributed by atoms with Gasteiger partial charge in [-0.15, -0.1) is 0 Å². The summed E-state index contributed by atoms with van der Waals surface area (Å²) in [4.78, 5) is 11.9. The van der Waals surface area contributed by atoms with E-state index in [1.807, 2.05) is 24.3 Å². The maximum absolute atomic E-state index is 11.9. The van der Waals surface area contributed by atoms with Crippen molar-refractivity contribution in [2.75, 3.05) is 13.9 Å². The molecule has 2 aromatic carbocycles. The van der Waals surface area contributed by atoms with Crippen molar-refractivity contribution in [3.05, 3.63) is 41.5 Å². The van der Waals surface area contributed by atoms with Crippen LogP contribution in [-0.2, 0) is 4.74 Å². The van der Waals surface area contributed by atoms with Gasteiger partial charge >= 0.3 is 5.97 Å². The van der Waals surface area contributed by atoms with Crippen LogP contribution >= 0.6 is 0 Å². The van der Waals surface area contributed by atoms with Crippen LogP contribution in [0.5, 0.6) is 5.75 Å². The molecule has 2 rings (SSSR count). The van der Waals surface area contributed by atoms with E-state index < -0.39 is 12.8 Å². The van der Waals surface area contributed by atoms with Crippen LogP contribution in [0.4, 0.5) is 0 Å². The van der Waals surface area contributed by atoms with Gasteiger partial charge in [0.1, 0.15) is 5.75 Å². The number of hydrogen-bond donors (Lipinski definition) is 1. The Balaban J connectivity index is 2.70. The van der Waals surface area contributed by atoms with Gasteiger partial charge in [0.15, 0.2) is 6.79 Å². The largest absolute Gasteiger partial charge is 0.497 e. The van der Waals surface area contributed by atoms with Gasteiger partial charge in [-0.2, -0.15) is 0 Å². The molecule has 4 nitrogen and oxygen atoms in total. The molecule has 0 radical (unpaired) electrons. The molecule has 4 heteroatoms. The molecule has 0 heterocycles. The Kier molecular flexibility index (Phi) is 4.25. The second kappa shape index (κ2) is 5.92. The first-order valence-electron chi connectivity index (χ1n) is 6.47. The lowest BCUT2D eigenvalue weighted by Gasteiger charge is -2.14. The summed E-state index contributed by atoms with van der Waals surface area (Å²) < 4.78 is 9.90. The zero-order valence-corrected chi connectivity index (χ0v) is 11.8. The molecule has 0 unspecified atom stereocenters. The van der Waals surface area contributed by atoms with Gasteiger partial charge in [0.2, 0.25) is 0 Å². The van der Waals surface area contributed by atoms with Crippen LogP contribution in [0.25, 0.3) is 10.8 Å². The van der Waals surface area contributed by atoms with Crippen molar-refractivity contribution in [2.24, 2.45) is 0 Å². The second-order valence-corrected chi connectivity index (χ2v) is 4.83. The van der Waals surface area contributed by atoms with Crippen LogP contribution < -0.4 is 4.74 Å². The summed E-state index contributed by atoms with van der Waals surface area (Å²) >= 11 is 0. The highest BCUT2D eigenvalue weighted by Gasteiger charge is 2.15. The van der Waals surface area contributed by atoms with Crippen molar-refractivity contribution in [1.82, 2.24) is 0 Å². The van der Waals surface area contributed by atoms with Gasteiger partial charge in [0.25, 0.3) is 0 Å². The molecular weight excluding hydrogens is 256 g/mol. The Morgan fingerprint density at radius 3 is 2.55 bits per heavy atom. The minimum atomic E-state index is -0.629. The number of esters is 1. The van der Waals surface area contributed by atoms with Crippen LogP contribution in [0.2, 0.25) is 0 Å². The summed E-state index contributed by atoms with van der Waals surface area (Å²) in [5.74, 6) is 0.478. The van der Waals surface area contributed by atoms with Crippen molar-refractivity contribution < 1.29 is 19.4 Å². The number of hydrogen-bond acceptors (Lipinski definition) is 4. The highest BCUT2D eigenvalue weighted by atomic mass is 16.6. The first-order chi connectivity index (χ1) is 9.58. The van der Waals surface area contributed by atoms with E-state index in [0.717, 1.165) is 16.3 Å². The Morgan fingerprint density at radius 2 is 1.95 bits per heavy atom. The van der Waals surface area contributed by atoms with Crippen LogP contribution in [-0.4, -0.2) is 25.0 Å². The monoisotopic (exact) mass is 274 g/mol. The fraction of sp³-hybridized carbons (Fsp3) is 0.312. The molecule has 0 aliphatic rings. The molecule has 0 amide bonds. The summed E-state index contributed by atoms with van der Waals surface area (Å²) in [5, 5.41) is 10.5. The highest BCUT2D eigenvalue weighted by molar-refractivity contribution is 6.06. The first kappa shape index (κ1) is 14.3. The minimum Gasteiger partial charge on any atom is -0.497 e. The van der Waals surface area contributed by atoms with E-state index in [-0.39, 0.29) is 0 Å². The molecule has 0 saturated heterocycles. The minimum absolute atomic E-state index is 0.341. The molecule has 0 atom stereocenters. The third-order valence-corrected chi connectivity index (χ3v) is 3.30. The molecular formula is C16H18O4. The van der Waals surface area contributed by atoms with E-state index in [1.165, 1.54) is 0 Å². The fourth-order valence-electron chi connectivity index (χ4n) is 2.30. The number of fused-ring (bicyclic) bond motifs is 1. The standard InChI is InChI=1S/C16H18O4/c1-10(2)12-6-7-14(16(18)20-9-17)15-8-11(19-3)4-5-13(12)15/h4-8,10,17H,9H2,1-3H3. The number of benzene rings is 2. The summed E-state index contributed by atoms with van der Waals surface area (Å²) in [6, 6.07) is 9.28. The molecule has 0 fully saturated rings. The SMILES string of the molecule is COc1ccc2c(C(C)C)ccc(C(=O)OCO)c2c1. The molecule has 20 heavy (non-hydrogen) atoms. The third-order valence-electron chi connectivity index (χ3n) is 3.30. The van der Waals surface area contributed by atoms with Crippen molar-refractivity contribution >= 4 is 16.7 Å². The van der Waals surface area contributed by atoms with Crippen molar-refractivity contribution in [1.29, 1.82) is 0 Å². The summed E-state index contributed by atoms with van der Waals surface area (Å²) in [6.45, 7) is 3.58. The highest BCUT2D eigenvalue weighted by Crippen LogP contribution is 2.31. The van der Waals surface area contributed by atoms with Crippen molar-refractivity contribution in [3.63, 3.8) is 0 Å². The van der Waals surface area contributed by atoms with Gasteiger partial charge < -0.3 is 14.6 Å². The number of methoxy groups -OCH3 is 1. The summed E-state index contributed by atoms with van der Waals surface area (Å²) in [5.41, 5.74) is 1.58. The zero-order valence-electron chi connectivity index (χ0n) is 11.8. The van der Waals surface area contributed by atoms with Gasteiger partial charge in [-0.05, 0) is 35.1 Å². The number of carbonyl (C=O) groups excluding carboxylic acids is 1. The quantitative estimate of drug-likeness (QED) is 0.687. The molecule has 0 aliphatic heterocycles. The summed E-state index contributed by atoms with van der Waals surface area (Å²) in [7, 11) is 1.58. The van der Waals surface area contributed by atoms with Crippen molar-refractivity contribution in [2.45, 2.75) is 19.8 Å². The average molecular weight is 274 g/mol. The lowest BCUT2D eigenvalue weighted by atomic mass is 9.93. The molecule has 106 valence electrons. The van der Waals surface area contributed by atoms with Crippen LogP contribution in [0, 0.1) is 0 Å². The van der Waals surface area contributed by atoms with Crippen LogP contribution in [0.3, 0.4) is 0 Å². The zero-order chi connectivity index (χ0) is 14.7. The number of rotatable bonds is 4. The lowest BCUT2D eigenvalue weighted by Crippen LogP contribution is -2.07. The second-order valence-electron chi connectivity index (χ2n) is 4.83. The normalized spacial score (nSPS) is 10.8. The molecule has 0 bridgehead atoms. The van der Waals surface area contributed by atoms with Gasteiger partial charge in [-0.25, -0.2) is 4.79 Å². The summed E-state index contributed by atoms with van der Waals surface area (Å²) in [6.07, 6.45) is 0. The molecule has 1 N–H and O–H groups in total. The molecule has 0 saturated carbocycles. The third kappa shape index (κ3) is 2.60. The number of aliphatic hydroxyl groups is 1. The molecule has 2 aromatic rings. The topological polar surface area (TPSA) is 55.8 Å². The van der Waals surface area contributed by atoms with E-state index in [2.05, 4.69) is 18.6 Å². The number of aliphatic hydroxyl groups excluding tert-OH is 1. The predicted molar refractivity (Wildman–Crippen MR) is 77.1 cm³/mol. The Morgan fingerprint density at radius 1 is 1.20 bits per heavy atom. The van der Waals surface area contributed by atoms with Gasteiger partial charge in [0.05, 0.1) is 12.7 Å². The van der Waals surface area contributed by atoms with E-state index in [4.69, 9.17) is 9.84 Å². The molecule has 0 spiro atoms. The van der Waals surface area contributed by atoms with E-state index >= 15 is 0 Å². The van der Waals surface area contributed by atoms with Crippen LogP contribution in [0.15, 0.2) is 30.3 Å². The van der Waals surface area contributed by atoms with E-state index in [9.17, 15) is 4.79 Å². The Bertz CT molecular complexity index is 632. The lowest BCUT2D eigenvalue weighted by molar-refractivity contribution is 0.00704. The van der Waals surface area contributed by atoms with Gasteiger partial charge in [-0.3, -0.25) is 0 Å². The predicted octanol–water partition coefficient (Wildman–Crippen LogP) is 3.08. The van der Waals surface area contributed by atoms with E-state index in [0.29, 0.717) is 17.2 Å². The number of carbonyl (C=O) groups is 1. The average Bonchev–Trinajstić information content (AvgIpc) is 2.45. The van der Waals surface area contributed by atoms with E-state index in [1.54, 1.807) is 13.2 Å².